The first-order valence-electron chi connectivity index (χ1n) is 7.93. The normalized spacial score (nSPS) is 21.8. The van der Waals surface area contributed by atoms with Crippen molar-refractivity contribution in [2.75, 3.05) is 13.1 Å². The fourth-order valence-electron chi connectivity index (χ4n) is 3.87. The number of pyridine rings is 1. The zero-order valence-electron chi connectivity index (χ0n) is 13.2. The lowest BCUT2D eigenvalue weighted by atomic mass is 9.90. The molecule has 24 heavy (non-hydrogen) atoms. The standard InChI is InChI=1S/C18H16ClN3O2/c1-2-16(23)21-9-10-22-17(24)14-11-20-8-7-15(14)18(21,22)12-3-5-13(19)6-4-12/h3-8,11H,2,9-10H2,1H3. The Balaban J connectivity index is 2.02. The summed E-state index contributed by atoms with van der Waals surface area (Å²) in [6.07, 6.45) is 3.64. The smallest absolute Gasteiger partial charge is 0.258 e. The summed E-state index contributed by atoms with van der Waals surface area (Å²) in [5, 5.41) is 0.618. The summed E-state index contributed by atoms with van der Waals surface area (Å²) >= 11 is 6.04. The number of nitrogens with zero attached hydrogens (tertiary/aromatic N) is 3. The molecule has 0 N–H and O–H groups in total. The lowest BCUT2D eigenvalue weighted by molar-refractivity contribution is -0.136. The minimum atomic E-state index is -0.896. The summed E-state index contributed by atoms with van der Waals surface area (Å²) in [4.78, 5) is 33.2. The summed E-state index contributed by atoms with van der Waals surface area (Å²) in [7, 11) is 0. The molecule has 0 saturated carbocycles. The summed E-state index contributed by atoms with van der Waals surface area (Å²) < 4.78 is 0. The number of hydrogen-bond acceptors (Lipinski definition) is 3. The Kier molecular flexibility index (Phi) is 3.35. The van der Waals surface area contributed by atoms with Crippen molar-refractivity contribution in [3.63, 3.8) is 0 Å². The van der Waals surface area contributed by atoms with Gasteiger partial charge in [-0.3, -0.25) is 14.6 Å². The highest BCUT2D eigenvalue weighted by Gasteiger charge is 2.59. The second kappa shape index (κ2) is 5.31. The van der Waals surface area contributed by atoms with Gasteiger partial charge in [-0.1, -0.05) is 30.7 Å². The molecule has 2 aromatic rings. The van der Waals surface area contributed by atoms with E-state index in [-0.39, 0.29) is 11.8 Å². The fraction of sp³-hybridized carbons (Fsp3) is 0.278. The third-order valence-electron chi connectivity index (χ3n) is 4.85. The van der Waals surface area contributed by atoms with Gasteiger partial charge < -0.3 is 9.80 Å². The first-order chi connectivity index (χ1) is 11.6. The van der Waals surface area contributed by atoms with Gasteiger partial charge in [0.2, 0.25) is 5.91 Å². The minimum absolute atomic E-state index is 0.0184. The molecule has 1 unspecified atom stereocenters. The molecule has 3 heterocycles. The number of aromatic nitrogens is 1. The van der Waals surface area contributed by atoms with Crippen LogP contribution in [0.2, 0.25) is 5.02 Å². The van der Waals surface area contributed by atoms with Crippen LogP contribution in [0.15, 0.2) is 42.7 Å². The average molecular weight is 342 g/mol. The van der Waals surface area contributed by atoms with Gasteiger partial charge in [-0.15, -0.1) is 0 Å². The zero-order chi connectivity index (χ0) is 16.9. The molecule has 2 aliphatic rings. The van der Waals surface area contributed by atoms with Gasteiger partial charge in [0.1, 0.15) is 0 Å². The fourth-order valence-corrected chi connectivity index (χ4v) is 3.99. The molecule has 5 nitrogen and oxygen atoms in total. The molecule has 1 fully saturated rings. The predicted molar refractivity (Wildman–Crippen MR) is 89.5 cm³/mol. The highest BCUT2D eigenvalue weighted by atomic mass is 35.5. The molecule has 1 atom stereocenters. The second-order valence-corrected chi connectivity index (χ2v) is 6.39. The van der Waals surface area contributed by atoms with E-state index in [0.717, 1.165) is 11.1 Å². The largest absolute Gasteiger partial charge is 0.310 e. The third kappa shape index (κ3) is 1.79. The summed E-state index contributed by atoms with van der Waals surface area (Å²) in [6.45, 7) is 2.86. The molecule has 2 aliphatic heterocycles. The number of carbonyl (C=O) groups is 2. The highest BCUT2D eigenvalue weighted by molar-refractivity contribution is 6.30. The number of halogens is 1. The van der Waals surface area contributed by atoms with Gasteiger partial charge >= 0.3 is 0 Å². The van der Waals surface area contributed by atoms with Gasteiger partial charge in [-0.2, -0.15) is 0 Å². The van der Waals surface area contributed by atoms with Crippen molar-refractivity contribution in [3.05, 3.63) is 64.4 Å². The van der Waals surface area contributed by atoms with Crippen molar-refractivity contribution in [2.24, 2.45) is 0 Å². The van der Waals surface area contributed by atoms with Crippen LogP contribution < -0.4 is 0 Å². The van der Waals surface area contributed by atoms with Gasteiger partial charge in [0.05, 0.1) is 5.56 Å². The number of fused-ring (bicyclic) bond motifs is 3. The lowest BCUT2D eigenvalue weighted by Gasteiger charge is -2.40. The Morgan fingerprint density at radius 3 is 2.71 bits per heavy atom. The van der Waals surface area contributed by atoms with Crippen molar-refractivity contribution < 1.29 is 9.59 Å². The Morgan fingerprint density at radius 1 is 1.25 bits per heavy atom. The summed E-state index contributed by atoms with van der Waals surface area (Å²) in [6, 6.07) is 9.20. The van der Waals surface area contributed by atoms with E-state index in [1.807, 2.05) is 25.1 Å². The van der Waals surface area contributed by atoms with Gasteiger partial charge in [-0.25, -0.2) is 0 Å². The third-order valence-corrected chi connectivity index (χ3v) is 5.10. The number of rotatable bonds is 2. The molecule has 0 bridgehead atoms. The van der Waals surface area contributed by atoms with Gasteiger partial charge in [0.25, 0.3) is 5.91 Å². The van der Waals surface area contributed by atoms with E-state index in [0.29, 0.717) is 30.1 Å². The molecule has 0 radical (unpaired) electrons. The number of benzene rings is 1. The molecule has 6 heteroatoms. The Bertz CT molecular complexity index is 836. The maximum atomic E-state index is 12.9. The van der Waals surface area contributed by atoms with Crippen molar-refractivity contribution in [1.82, 2.24) is 14.8 Å². The summed E-state index contributed by atoms with van der Waals surface area (Å²) in [5.74, 6) is -0.0654. The Morgan fingerprint density at radius 2 is 2.00 bits per heavy atom. The van der Waals surface area contributed by atoms with Crippen LogP contribution in [0.25, 0.3) is 0 Å². The Labute approximate surface area is 144 Å². The molecular weight excluding hydrogens is 326 g/mol. The molecule has 4 rings (SSSR count). The van der Waals surface area contributed by atoms with Crippen LogP contribution in [0.1, 0.15) is 34.8 Å². The van der Waals surface area contributed by atoms with Crippen LogP contribution in [0, 0.1) is 0 Å². The van der Waals surface area contributed by atoms with E-state index >= 15 is 0 Å². The number of amides is 2. The lowest BCUT2D eigenvalue weighted by Crippen LogP contribution is -2.51. The second-order valence-electron chi connectivity index (χ2n) is 5.96. The number of hydrogen-bond donors (Lipinski definition) is 0. The van der Waals surface area contributed by atoms with E-state index in [1.165, 1.54) is 0 Å². The van der Waals surface area contributed by atoms with Crippen LogP contribution in [0.5, 0.6) is 0 Å². The minimum Gasteiger partial charge on any atom is -0.310 e. The Hall–Kier alpha value is -2.40. The van der Waals surface area contributed by atoms with E-state index < -0.39 is 5.66 Å². The number of carbonyl (C=O) groups excluding carboxylic acids is 2. The quantitative estimate of drug-likeness (QED) is 0.843. The van der Waals surface area contributed by atoms with Crippen molar-refractivity contribution in [3.8, 4) is 0 Å². The van der Waals surface area contributed by atoms with Crippen LogP contribution in [0.4, 0.5) is 0 Å². The van der Waals surface area contributed by atoms with E-state index in [4.69, 9.17) is 11.6 Å². The van der Waals surface area contributed by atoms with E-state index in [2.05, 4.69) is 4.98 Å². The van der Waals surface area contributed by atoms with E-state index in [9.17, 15) is 9.59 Å². The molecule has 1 aromatic heterocycles. The molecule has 0 spiro atoms. The first kappa shape index (κ1) is 15.1. The SMILES string of the molecule is CCC(=O)N1CCN2C(=O)c3cnccc3C12c1ccc(Cl)cc1. The molecule has 122 valence electrons. The monoisotopic (exact) mass is 341 g/mol. The maximum Gasteiger partial charge on any atom is 0.258 e. The van der Waals surface area contributed by atoms with Crippen LogP contribution in [-0.4, -0.2) is 39.7 Å². The van der Waals surface area contributed by atoms with Crippen molar-refractivity contribution >= 4 is 23.4 Å². The van der Waals surface area contributed by atoms with Crippen molar-refractivity contribution in [1.29, 1.82) is 0 Å². The van der Waals surface area contributed by atoms with E-state index in [1.54, 1.807) is 34.3 Å². The van der Waals surface area contributed by atoms with Crippen LogP contribution >= 0.6 is 11.6 Å². The molecule has 1 saturated heterocycles. The van der Waals surface area contributed by atoms with Crippen LogP contribution in [-0.2, 0) is 10.5 Å². The maximum absolute atomic E-state index is 12.9. The topological polar surface area (TPSA) is 53.5 Å². The highest BCUT2D eigenvalue weighted by Crippen LogP contribution is 2.49. The molecule has 1 aromatic carbocycles. The van der Waals surface area contributed by atoms with Gasteiger partial charge in [-0.05, 0) is 18.2 Å². The molecule has 2 amide bonds. The first-order valence-corrected chi connectivity index (χ1v) is 8.31. The van der Waals surface area contributed by atoms with Crippen molar-refractivity contribution in [2.45, 2.75) is 19.0 Å². The van der Waals surface area contributed by atoms with Gasteiger partial charge in [0.15, 0.2) is 5.66 Å². The zero-order valence-corrected chi connectivity index (χ0v) is 14.0. The molecular formula is C18H16ClN3O2. The molecule has 0 aliphatic carbocycles. The summed E-state index contributed by atoms with van der Waals surface area (Å²) in [5.41, 5.74) is 1.34. The average Bonchev–Trinajstić information content (AvgIpc) is 3.11. The van der Waals surface area contributed by atoms with Crippen LogP contribution in [0.3, 0.4) is 0 Å². The van der Waals surface area contributed by atoms with Gasteiger partial charge in [0, 0.05) is 48.1 Å². The predicted octanol–water partition coefficient (Wildman–Crippen LogP) is 2.64.